The molecule has 0 radical (unpaired) electrons. The van der Waals surface area contributed by atoms with Crippen LogP contribution in [0.2, 0.25) is 0 Å². The van der Waals surface area contributed by atoms with E-state index in [1.807, 2.05) is 6.08 Å². The number of ketones is 1. The molecule has 16 heavy (non-hydrogen) atoms. The Balaban J connectivity index is 2.23. The van der Waals surface area contributed by atoms with Crippen LogP contribution in [0.5, 0.6) is 0 Å². The smallest absolute Gasteiger partial charge is 0.150 e. The van der Waals surface area contributed by atoms with Crippen molar-refractivity contribution in [3.05, 3.63) is 41.3 Å². The number of hydrogen-bond acceptors (Lipinski definition) is 1. The summed E-state index contributed by atoms with van der Waals surface area (Å²) >= 11 is 18.1. The summed E-state index contributed by atoms with van der Waals surface area (Å²) in [6.45, 7) is 5.31. The third-order valence-electron chi connectivity index (χ3n) is 2.83. The summed E-state index contributed by atoms with van der Waals surface area (Å²) in [6, 6.07) is 0. The van der Waals surface area contributed by atoms with Gasteiger partial charge in [0.15, 0.2) is 5.03 Å². The van der Waals surface area contributed by atoms with Crippen molar-refractivity contribution in [3.8, 4) is 0 Å². The first-order valence-corrected chi connectivity index (χ1v) is 5.98. The van der Waals surface area contributed by atoms with E-state index in [4.69, 9.17) is 34.8 Å². The Labute approximate surface area is 110 Å². The number of halogens is 3. The SMILES string of the molecule is C=C1C=C(Cl)[CH+]C(C2C(C(C)=O)C2(Cl)Cl)=C1. The predicted octanol–water partition coefficient (Wildman–Crippen LogP) is 3.82. The van der Waals surface area contributed by atoms with Crippen LogP contribution in [0.3, 0.4) is 0 Å². The van der Waals surface area contributed by atoms with E-state index in [-0.39, 0.29) is 17.6 Å². The summed E-state index contributed by atoms with van der Waals surface area (Å²) in [5, 5.41) is 0.584. The summed E-state index contributed by atoms with van der Waals surface area (Å²) in [5.41, 5.74) is 1.67. The molecule has 2 rings (SSSR count). The minimum absolute atomic E-state index is 0.000544. The van der Waals surface area contributed by atoms with E-state index >= 15 is 0 Å². The van der Waals surface area contributed by atoms with E-state index < -0.39 is 4.33 Å². The maximum Gasteiger partial charge on any atom is 0.150 e. The highest BCUT2D eigenvalue weighted by molar-refractivity contribution is 6.53. The quantitative estimate of drug-likeness (QED) is 0.553. The Morgan fingerprint density at radius 3 is 2.56 bits per heavy atom. The zero-order valence-corrected chi connectivity index (χ0v) is 10.9. The molecule has 0 saturated heterocycles. The summed E-state index contributed by atoms with van der Waals surface area (Å²) < 4.78 is -0.997. The third-order valence-corrected chi connectivity index (χ3v) is 3.99. The van der Waals surface area contributed by atoms with Gasteiger partial charge in [-0.05, 0) is 6.92 Å². The van der Waals surface area contributed by atoms with E-state index in [2.05, 4.69) is 6.58 Å². The molecule has 1 nitrogen and oxygen atoms in total. The first kappa shape index (κ1) is 12.1. The Bertz CT molecular complexity index is 432. The molecule has 4 heteroatoms. The van der Waals surface area contributed by atoms with Gasteiger partial charge in [0.05, 0.1) is 35.5 Å². The van der Waals surface area contributed by atoms with Gasteiger partial charge in [-0.25, -0.2) is 0 Å². The molecular weight excluding hydrogens is 266 g/mol. The average Bonchev–Trinajstić information content (AvgIpc) is 2.67. The Morgan fingerprint density at radius 1 is 1.50 bits per heavy atom. The Morgan fingerprint density at radius 2 is 2.12 bits per heavy atom. The van der Waals surface area contributed by atoms with Crippen molar-refractivity contribution in [2.75, 3.05) is 0 Å². The van der Waals surface area contributed by atoms with E-state index in [1.54, 1.807) is 12.5 Å². The van der Waals surface area contributed by atoms with Gasteiger partial charge in [-0.3, -0.25) is 4.79 Å². The van der Waals surface area contributed by atoms with Crippen LogP contribution in [0.15, 0.2) is 34.9 Å². The van der Waals surface area contributed by atoms with Gasteiger partial charge in [0, 0.05) is 6.08 Å². The first-order chi connectivity index (χ1) is 7.34. The van der Waals surface area contributed by atoms with Crippen molar-refractivity contribution in [3.63, 3.8) is 0 Å². The zero-order valence-electron chi connectivity index (χ0n) is 8.64. The average molecular weight is 277 g/mol. The highest BCUT2D eigenvalue weighted by atomic mass is 35.5. The molecule has 0 aliphatic heterocycles. The molecule has 1 fully saturated rings. The number of hydrogen-bond donors (Lipinski definition) is 0. The van der Waals surface area contributed by atoms with Crippen molar-refractivity contribution < 1.29 is 4.79 Å². The lowest BCUT2D eigenvalue weighted by Gasteiger charge is -2.04. The normalized spacial score (nSPS) is 31.4. The standard InChI is InChI=1S/C12H10Cl3O/c1-6-3-8(5-9(13)4-6)11-10(7(2)16)12(11,14)15/h3-5,10-11H,1H2,2H3/q+1. The number of alkyl halides is 2. The second kappa shape index (κ2) is 3.83. The van der Waals surface area contributed by atoms with Crippen LogP contribution in [0.25, 0.3) is 0 Å². The summed E-state index contributed by atoms with van der Waals surface area (Å²) in [4.78, 5) is 11.4. The molecule has 2 aliphatic rings. The maximum absolute atomic E-state index is 11.4. The fourth-order valence-corrected chi connectivity index (χ4v) is 3.31. The highest BCUT2D eigenvalue weighted by Gasteiger charge is 2.68. The van der Waals surface area contributed by atoms with Crippen LogP contribution >= 0.6 is 34.8 Å². The summed E-state index contributed by atoms with van der Waals surface area (Å²) in [5.74, 6) is -0.512. The second-order valence-corrected chi connectivity index (χ2v) is 6.01. The van der Waals surface area contributed by atoms with Gasteiger partial charge >= 0.3 is 0 Å². The highest BCUT2D eigenvalue weighted by Crippen LogP contribution is 2.63. The lowest BCUT2D eigenvalue weighted by Crippen LogP contribution is -2.01. The monoisotopic (exact) mass is 275 g/mol. The molecular formula is C12H10Cl3O+. The fraction of sp³-hybridized carbons (Fsp3) is 0.333. The number of Topliss-reactive ketones (excluding diaryl/α,β-unsaturated/α-hetero) is 1. The van der Waals surface area contributed by atoms with Crippen LogP contribution in [-0.2, 0) is 4.79 Å². The largest absolute Gasteiger partial charge is 0.300 e. The number of rotatable bonds is 2. The molecule has 0 aromatic rings. The lowest BCUT2D eigenvalue weighted by molar-refractivity contribution is -0.118. The zero-order chi connectivity index (χ0) is 12.1. The molecule has 0 aromatic carbocycles. The molecule has 0 N–H and O–H groups in total. The van der Waals surface area contributed by atoms with Gasteiger partial charge in [0.25, 0.3) is 0 Å². The Hall–Kier alpha value is -0.370. The van der Waals surface area contributed by atoms with Gasteiger partial charge in [0.1, 0.15) is 10.1 Å². The number of carbonyl (C=O) groups is 1. The first-order valence-electron chi connectivity index (χ1n) is 4.84. The van der Waals surface area contributed by atoms with Crippen LogP contribution in [0.1, 0.15) is 6.92 Å². The molecule has 0 bridgehead atoms. The van der Waals surface area contributed by atoms with Gasteiger partial charge in [-0.1, -0.05) is 18.2 Å². The van der Waals surface area contributed by atoms with Crippen LogP contribution in [-0.4, -0.2) is 10.1 Å². The van der Waals surface area contributed by atoms with Crippen LogP contribution in [0, 0.1) is 18.3 Å². The molecule has 0 aromatic heterocycles. The summed E-state index contributed by atoms with van der Waals surface area (Å²) in [7, 11) is 0. The second-order valence-electron chi connectivity index (χ2n) is 4.13. The molecule has 2 unspecified atom stereocenters. The minimum Gasteiger partial charge on any atom is -0.300 e. The molecule has 0 heterocycles. The maximum atomic E-state index is 11.4. The molecule has 2 aliphatic carbocycles. The van der Waals surface area contributed by atoms with Crippen molar-refractivity contribution in [1.29, 1.82) is 0 Å². The van der Waals surface area contributed by atoms with E-state index in [9.17, 15) is 4.79 Å². The van der Waals surface area contributed by atoms with E-state index in [1.165, 1.54) is 6.92 Å². The van der Waals surface area contributed by atoms with E-state index in [0.717, 1.165) is 11.1 Å². The molecule has 1 saturated carbocycles. The van der Waals surface area contributed by atoms with Crippen LogP contribution in [0.4, 0.5) is 0 Å². The number of carbonyl (C=O) groups excluding carboxylic acids is 1. The van der Waals surface area contributed by atoms with Gasteiger partial charge in [0.2, 0.25) is 0 Å². The fourth-order valence-electron chi connectivity index (χ4n) is 2.10. The van der Waals surface area contributed by atoms with Gasteiger partial charge in [-0.15, -0.1) is 23.2 Å². The molecule has 2 atom stereocenters. The van der Waals surface area contributed by atoms with E-state index in [0.29, 0.717) is 5.03 Å². The van der Waals surface area contributed by atoms with Crippen molar-refractivity contribution in [2.24, 2.45) is 11.8 Å². The minimum atomic E-state index is -0.997. The van der Waals surface area contributed by atoms with Crippen molar-refractivity contribution >= 4 is 40.6 Å². The number of allylic oxidation sites excluding steroid dienone is 5. The van der Waals surface area contributed by atoms with Crippen molar-refractivity contribution in [2.45, 2.75) is 11.3 Å². The predicted molar refractivity (Wildman–Crippen MR) is 67.6 cm³/mol. The molecule has 0 amide bonds. The van der Waals surface area contributed by atoms with Crippen molar-refractivity contribution in [1.82, 2.24) is 0 Å². The molecule has 84 valence electrons. The Kier molecular flexibility index (Phi) is 2.90. The van der Waals surface area contributed by atoms with Gasteiger partial charge in [-0.2, -0.15) is 0 Å². The third kappa shape index (κ3) is 1.92. The van der Waals surface area contributed by atoms with Gasteiger partial charge < -0.3 is 0 Å². The van der Waals surface area contributed by atoms with Crippen LogP contribution < -0.4 is 0 Å². The molecule has 0 spiro atoms. The topological polar surface area (TPSA) is 17.1 Å². The lowest BCUT2D eigenvalue weighted by atomic mass is 9.97. The summed E-state index contributed by atoms with van der Waals surface area (Å²) in [6.07, 6.45) is 5.39.